The van der Waals surface area contributed by atoms with E-state index in [-0.39, 0.29) is 30.3 Å². The number of esters is 1. The lowest BCUT2D eigenvalue weighted by Crippen LogP contribution is -2.34. The Hall–Kier alpha value is -3.67. The Morgan fingerprint density at radius 3 is 2.24 bits per heavy atom. The van der Waals surface area contributed by atoms with Gasteiger partial charge in [-0.3, -0.25) is 9.59 Å². The number of nitrogens with zero attached hydrogens (tertiary/aromatic N) is 1. The Kier molecular flexibility index (Phi) is 7.26. The van der Waals surface area contributed by atoms with E-state index in [4.69, 9.17) is 9.47 Å². The van der Waals surface area contributed by atoms with Gasteiger partial charge in [-0.25, -0.2) is 4.79 Å². The molecule has 6 heteroatoms. The van der Waals surface area contributed by atoms with Crippen LogP contribution in [-0.4, -0.2) is 22.9 Å². The standard InChI is InChI=1S/C28H29NO5/c1-2-33-27(32)23-17-29(18-24(25(23)30)34-19-21-11-5-3-6-12-21)20-28(15-9-10-16-28)26(31)22-13-7-4-8-14-22/h3-8,11-14,17-18H,2,9-10,15-16,19-20H2,1H3. The Balaban J connectivity index is 1.69. The molecule has 2 aromatic carbocycles. The summed E-state index contributed by atoms with van der Waals surface area (Å²) < 4.78 is 12.7. The fourth-order valence-electron chi connectivity index (χ4n) is 4.64. The highest BCUT2D eigenvalue weighted by molar-refractivity contribution is 6.00. The molecule has 1 saturated carbocycles. The number of hydrogen-bond acceptors (Lipinski definition) is 5. The van der Waals surface area contributed by atoms with Crippen LogP contribution >= 0.6 is 0 Å². The molecule has 0 N–H and O–H groups in total. The van der Waals surface area contributed by atoms with Crippen molar-refractivity contribution in [1.82, 2.24) is 4.57 Å². The molecule has 0 radical (unpaired) electrons. The summed E-state index contributed by atoms with van der Waals surface area (Å²) >= 11 is 0. The van der Waals surface area contributed by atoms with E-state index in [0.717, 1.165) is 31.2 Å². The number of carbonyl (C=O) groups is 2. The third-order valence-electron chi connectivity index (χ3n) is 6.34. The molecular weight excluding hydrogens is 430 g/mol. The van der Waals surface area contributed by atoms with Crippen LogP contribution in [0.2, 0.25) is 0 Å². The fourth-order valence-corrected chi connectivity index (χ4v) is 4.64. The second-order valence-electron chi connectivity index (χ2n) is 8.71. The topological polar surface area (TPSA) is 74.6 Å². The summed E-state index contributed by atoms with van der Waals surface area (Å²) in [5.41, 5.74) is 0.380. The number of ketones is 1. The van der Waals surface area contributed by atoms with E-state index < -0.39 is 16.8 Å². The normalized spacial score (nSPS) is 14.5. The van der Waals surface area contributed by atoms with Gasteiger partial charge in [-0.05, 0) is 25.3 Å². The van der Waals surface area contributed by atoms with Crippen molar-refractivity contribution in [3.05, 3.63) is 100.0 Å². The first-order valence-corrected chi connectivity index (χ1v) is 11.7. The van der Waals surface area contributed by atoms with Crippen molar-refractivity contribution in [2.45, 2.75) is 45.8 Å². The maximum atomic E-state index is 13.6. The Morgan fingerprint density at radius 2 is 1.59 bits per heavy atom. The van der Waals surface area contributed by atoms with Crippen LogP contribution < -0.4 is 10.2 Å². The molecule has 1 aliphatic carbocycles. The van der Waals surface area contributed by atoms with Gasteiger partial charge in [-0.2, -0.15) is 0 Å². The molecule has 0 spiro atoms. The Bertz CT molecular complexity index is 1190. The van der Waals surface area contributed by atoms with E-state index >= 15 is 0 Å². The molecule has 0 saturated heterocycles. The van der Waals surface area contributed by atoms with Gasteiger partial charge in [0.2, 0.25) is 5.43 Å². The fraction of sp³-hybridized carbons (Fsp3) is 0.321. The van der Waals surface area contributed by atoms with Gasteiger partial charge in [0, 0.05) is 18.3 Å². The molecule has 4 rings (SSSR count). The number of pyridine rings is 1. The van der Waals surface area contributed by atoms with Gasteiger partial charge in [0.05, 0.1) is 18.2 Å². The van der Waals surface area contributed by atoms with Crippen molar-refractivity contribution >= 4 is 11.8 Å². The van der Waals surface area contributed by atoms with Crippen molar-refractivity contribution in [3.8, 4) is 5.75 Å². The molecular formula is C28H29NO5. The zero-order valence-electron chi connectivity index (χ0n) is 19.4. The quantitative estimate of drug-likeness (QED) is 0.331. The van der Waals surface area contributed by atoms with Gasteiger partial charge < -0.3 is 14.0 Å². The van der Waals surface area contributed by atoms with Crippen molar-refractivity contribution in [2.75, 3.05) is 6.61 Å². The molecule has 1 aromatic heterocycles. The first-order valence-electron chi connectivity index (χ1n) is 11.7. The largest absolute Gasteiger partial charge is 0.483 e. The molecule has 0 unspecified atom stereocenters. The third kappa shape index (κ3) is 5.11. The van der Waals surface area contributed by atoms with Gasteiger partial charge >= 0.3 is 5.97 Å². The summed E-state index contributed by atoms with van der Waals surface area (Å²) in [4.78, 5) is 39.1. The second kappa shape index (κ2) is 10.5. The summed E-state index contributed by atoms with van der Waals surface area (Å²) in [5.74, 6) is -0.537. The van der Waals surface area contributed by atoms with E-state index in [9.17, 15) is 14.4 Å². The van der Waals surface area contributed by atoms with Crippen molar-refractivity contribution in [3.63, 3.8) is 0 Å². The minimum Gasteiger partial charge on any atom is -0.483 e. The summed E-state index contributed by atoms with van der Waals surface area (Å²) in [7, 11) is 0. The summed E-state index contributed by atoms with van der Waals surface area (Å²) in [5, 5.41) is 0. The molecule has 1 heterocycles. The molecule has 176 valence electrons. The zero-order valence-corrected chi connectivity index (χ0v) is 19.4. The first kappa shape index (κ1) is 23.5. The monoisotopic (exact) mass is 459 g/mol. The van der Waals surface area contributed by atoms with Crippen LogP contribution in [0.3, 0.4) is 0 Å². The number of ether oxygens (including phenoxy) is 2. The minimum atomic E-state index is -0.693. The van der Waals surface area contributed by atoms with E-state index in [1.165, 1.54) is 6.20 Å². The molecule has 34 heavy (non-hydrogen) atoms. The highest BCUT2D eigenvalue weighted by Gasteiger charge is 2.41. The number of carbonyl (C=O) groups excluding carboxylic acids is 2. The van der Waals surface area contributed by atoms with Crippen LogP contribution in [0.15, 0.2) is 77.9 Å². The van der Waals surface area contributed by atoms with E-state index in [1.54, 1.807) is 17.7 Å². The number of benzene rings is 2. The maximum absolute atomic E-state index is 13.6. The highest BCUT2D eigenvalue weighted by atomic mass is 16.5. The number of rotatable bonds is 9. The summed E-state index contributed by atoms with van der Waals surface area (Å²) in [6.45, 7) is 2.40. The SMILES string of the molecule is CCOC(=O)c1cn(CC2(C(=O)c3ccccc3)CCCC2)cc(OCc2ccccc2)c1=O. The molecule has 1 fully saturated rings. The highest BCUT2D eigenvalue weighted by Crippen LogP contribution is 2.42. The lowest BCUT2D eigenvalue weighted by atomic mass is 9.78. The summed E-state index contributed by atoms with van der Waals surface area (Å²) in [6.07, 6.45) is 6.52. The Labute approximate surface area is 199 Å². The van der Waals surface area contributed by atoms with E-state index in [1.807, 2.05) is 60.7 Å². The molecule has 0 atom stereocenters. The first-order chi connectivity index (χ1) is 16.5. The van der Waals surface area contributed by atoms with Crippen LogP contribution in [0.25, 0.3) is 0 Å². The van der Waals surface area contributed by atoms with Gasteiger partial charge in [0.25, 0.3) is 0 Å². The molecule has 3 aromatic rings. The second-order valence-corrected chi connectivity index (χ2v) is 8.71. The van der Waals surface area contributed by atoms with E-state index in [0.29, 0.717) is 12.1 Å². The van der Waals surface area contributed by atoms with Gasteiger partial charge in [-0.1, -0.05) is 73.5 Å². The lowest BCUT2D eigenvalue weighted by molar-refractivity contribution is 0.0522. The van der Waals surface area contributed by atoms with Crippen LogP contribution in [0.1, 0.15) is 58.9 Å². The number of hydrogen-bond donors (Lipinski definition) is 0. The molecule has 0 aliphatic heterocycles. The van der Waals surface area contributed by atoms with E-state index in [2.05, 4.69) is 0 Å². The predicted octanol–water partition coefficient (Wildman–Crippen LogP) is 5.05. The smallest absolute Gasteiger partial charge is 0.343 e. The van der Waals surface area contributed by atoms with Gasteiger partial charge in [0.15, 0.2) is 11.5 Å². The van der Waals surface area contributed by atoms with Crippen LogP contribution in [0.4, 0.5) is 0 Å². The van der Waals surface area contributed by atoms with Crippen LogP contribution in [-0.2, 0) is 17.9 Å². The average molecular weight is 460 g/mol. The van der Waals surface area contributed by atoms with Crippen molar-refractivity contribution < 1.29 is 19.1 Å². The van der Waals surface area contributed by atoms with Crippen LogP contribution in [0.5, 0.6) is 5.75 Å². The average Bonchev–Trinajstić information content (AvgIpc) is 3.34. The van der Waals surface area contributed by atoms with Crippen molar-refractivity contribution in [2.24, 2.45) is 5.41 Å². The Morgan fingerprint density at radius 1 is 0.941 bits per heavy atom. The predicted molar refractivity (Wildman–Crippen MR) is 129 cm³/mol. The number of aromatic nitrogens is 1. The number of Topliss-reactive ketones (excluding diaryl/α,β-unsaturated/α-hetero) is 1. The maximum Gasteiger partial charge on any atom is 0.343 e. The molecule has 6 nitrogen and oxygen atoms in total. The lowest BCUT2D eigenvalue weighted by Gasteiger charge is -2.29. The van der Waals surface area contributed by atoms with Crippen molar-refractivity contribution in [1.29, 1.82) is 0 Å². The third-order valence-corrected chi connectivity index (χ3v) is 6.34. The molecule has 0 amide bonds. The zero-order chi connectivity index (χ0) is 24.0. The molecule has 1 aliphatic rings. The summed E-state index contributed by atoms with van der Waals surface area (Å²) in [6, 6.07) is 18.8. The van der Waals surface area contributed by atoms with Crippen LogP contribution in [0, 0.1) is 5.41 Å². The molecule has 0 bridgehead atoms. The van der Waals surface area contributed by atoms with Gasteiger partial charge in [0.1, 0.15) is 12.2 Å². The minimum absolute atomic E-state index is 0.0645. The van der Waals surface area contributed by atoms with Gasteiger partial charge in [-0.15, -0.1) is 0 Å².